The van der Waals surface area contributed by atoms with E-state index >= 15 is 0 Å². The molecule has 0 bridgehead atoms. The maximum Gasteiger partial charge on any atom is 0.0190 e. The van der Waals surface area contributed by atoms with Crippen molar-refractivity contribution in [3.63, 3.8) is 0 Å². The van der Waals surface area contributed by atoms with E-state index in [0.29, 0.717) is 5.92 Å². The summed E-state index contributed by atoms with van der Waals surface area (Å²) >= 11 is 0. The Morgan fingerprint density at radius 3 is 1.59 bits per heavy atom. The molecule has 0 fully saturated rings. The van der Waals surface area contributed by atoms with Crippen LogP contribution in [0, 0.1) is 10.8 Å². The molecule has 182 valence electrons. The highest BCUT2D eigenvalue weighted by atomic mass is 14.5. The molecule has 34 heavy (non-hydrogen) atoms. The lowest BCUT2D eigenvalue weighted by atomic mass is 9.68. The molecule has 0 aliphatic heterocycles. The van der Waals surface area contributed by atoms with E-state index in [-0.39, 0.29) is 21.7 Å². The Labute approximate surface area is 209 Å². The highest BCUT2D eigenvalue weighted by molar-refractivity contribution is 5.81. The van der Waals surface area contributed by atoms with E-state index in [1.165, 1.54) is 45.4 Å². The number of benzene rings is 2. The Bertz CT molecular complexity index is 1100. The van der Waals surface area contributed by atoms with Gasteiger partial charge < -0.3 is 0 Å². The molecule has 0 saturated heterocycles. The minimum atomic E-state index is 0.0502. The molecule has 0 atom stereocenters. The third kappa shape index (κ3) is 4.12. The minimum Gasteiger partial charge on any atom is -0.0767 e. The van der Waals surface area contributed by atoms with Crippen molar-refractivity contribution in [2.45, 2.75) is 106 Å². The Balaban J connectivity index is 1.88. The topological polar surface area (TPSA) is 0 Å². The lowest BCUT2D eigenvalue weighted by Gasteiger charge is -2.35. The highest BCUT2D eigenvalue weighted by Gasteiger charge is 2.43. The molecular formula is C34H46. The minimum absolute atomic E-state index is 0.0502. The van der Waals surface area contributed by atoms with Crippen LogP contribution in [0.2, 0.25) is 0 Å². The van der Waals surface area contributed by atoms with Crippen LogP contribution in [0.15, 0.2) is 59.7 Å². The first kappa shape index (κ1) is 25.0. The Kier molecular flexibility index (Phi) is 5.87. The van der Waals surface area contributed by atoms with Crippen LogP contribution < -0.4 is 0 Å². The zero-order chi connectivity index (χ0) is 25.3. The molecule has 4 rings (SSSR count). The van der Waals surface area contributed by atoms with Gasteiger partial charge in [0.05, 0.1) is 0 Å². The van der Waals surface area contributed by atoms with Crippen molar-refractivity contribution >= 4 is 0 Å². The predicted molar refractivity (Wildman–Crippen MR) is 150 cm³/mol. The van der Waals surface area contributed by atoms with E-state index in [9.17, 15) is 0 Å². The molecule has 0 unspecified atom stereocenters. The summed E-state index contributed by atoms with van der Waals surface area (Å²) in [5.74, 6) is 0.379. The van der Waals surface area contributed by atoms with E-state index in [0.717, 1.165) is 6.42 Å². The number of fused-ring (bicyclic) bond motifs is 3. The summed E-state index contributed by atoms with van der Waals surface area (Å²) in [5, 5.41) is 0. The molecule has 2 aromatic rings. The smallest absolute Gasteiger partial charge is 0.0190 e. The summed E-state index contributed by atoms with van der Waals surface area (Å²) in [6.07, 6.45) is 7.27. The molecule has 2 aliphatic carbocycles. The van der Waals surface area contributed by atoms with Gasteiger partial charge in [-0.15, -0.1) is 0 Å². The third-order valence-electron chi connectivity index (χ3n) is 8.84. The van der Waals surface area contributed by atoms with Gasteiger partial charge in [0.15, 0.2) is 0 Å². The van der Waals surface area contributed by atoms with Crippen LogP contribution >= 0.6 is 0 Å². The van der Waals surface area contributed by atoms with Gasteiger partial charge in [-0.2, -0.15) is 0 Å². The average Bonchev–Trinajstić information content (AvgIpc) is 3.36. The monoisotopic (exact) mass is 454 g/mol. The van der Waals surface area contributed by atoms with Crippen LogP contribution in [0.5, 0.6) is 0 Å². The van der Waals surface area contributed by atoms with E-state index in [2.05, 4.69) is 125 Å². The number of hydrogen-bond donors (Lipinski definition) is 0. The zero-order valence-corrected chi connectivity index (χ0v) is 23.6. The first-order valence-corrected chi connectivity index (χ1v) is 13.3. The van der Waals surface area contributed by atoms with Crippen molar-refractivity contribution in [3.8, 4) is 11.1 Å². The molecule has 0 N–H and O–H groups in total. The maximum atomic E-state index is 2.54. The quantitative estimate of drug-likeness (QED) is 0.431. The first-order valence-electron chi connectivity index (χ1n) is 13.3. The van der Waals surface area contributed by atoms with Crippen molar-refractivity contribution in [1.29, 1.82) is 0 Å². The standard InChI is InChI=1S/C34H46/c1-12-33(8,9)24-13-14-25(19-24)34(10,11)30-26-17-15-22(31(2,3)4)20-28(26)29-21-23(32(5,6)7)16-18-27(29)30/h13,15-21,30H,12,14H2,1-11H3. The number of rotatable bonds is 4. The summed E-state index contributed by atoms with van der Waals surface area (Å²) in [4.78, 5) is 0. The Hall–Kier alpha value is -2.08. The summed E-state index contributed by atoms with van der Waals surface area (Å²) in [6, 6.07) is 14.6. The second-order valence-electron chi connectivity index (χ2n) is 14.0. The second-order valence-corrected chi connectivity index (χ2v) is 14.0. The van der Waals surface area contributed by atoms with Crippen molar-refractivity contribution < 1.29 is 0 Å². The van der Waals surface area contributed by atoms with Gasteiger partial charge in [-0.05, 0) is 73.5 Å². The fraction of sp³-hybridized carbons (Fsp3) is 0.529. The Morgan fingerprint density at radius 2 is 1.18 bits per heavy atom. The van der Waals surface area contributed by atoms with Crippen molar-refractivity contribution in [3.05, 3.63) is 82.0 Å². The first-order chi connectivity index (χ1) is 15.6. The summed E-state index contributed by atoms with van der Waals surface area (Å²) in [6.45, 7) is 26.0. The molecule has 0 spiro atoms. The second kappa shape index (κ2) is 7.97. The number of allylic oxidation sites excluding steroid dienone is 4. The summed E-state index contributed by atoms with van der Waals surface area (Å²) in [7, 11) is 0. The van der Waals surface area contributed by atoms with Crippen molar-refractivity contribution in [2.75, 3.05) is 0 Å². The van der Waals surface area contributed by atoms with Gasteiger partial charge in [-0.3, -0.25) is 0 Å². The summed E-state index contributed by atoms with van der Waals surface area (Å²) < 4.78 is 0. The van der Waals surface area contributed by atoms with E-state index in [1.54, 1.807) is 5.57 Å². The fourth-order valence-electron chi connectivity index (χ4n) is 5.80. The van der Waals surface area contributed by atoms with Gasteiger partial charge in [0.25, 0.3) is 0 Å². The molecule has 0 radical (unpaired) electrons. The molecule has 0 saturated carbocycles. The molecule has 2 aromatic carbocycles. The fourth-order valence-corrected chi connectivity index (χ4v) is 5.80. The lowest BCUT2D eigenvalue weighted by molar-refractivity contribution is 0.387. The molecule has 0 amide bonds. The van der Waals surface area contributed by atoms with Crippen LogP contribution in [-0.2, 0) is 10.8 Å². The maximum absolute atomic E-state index is 2.54. The zero-order valence-electron chi connectivity index (χ0n) is 23.6. The lowest BCUT2D eigenvalue weighted by Crippen LogP contribution is -2.24. The molecular weight excluding hydrogens is 408 g/mol. The molecule has 2 aliphatic rings. The van der Waals surface area contributed by atoms with Gasteiger partial charge >= 0.3 is 0 Å². The molecule has 0 nitrogen and oxygen atoms in total. The normalized spacial score (nSPS) is 16.9. The van der Waals surface area contributed by atoms with E-state index in [1.807, 2.05) is 0 Å². The van der Waals surface area contributed by atoms with Crippen LogP contribution in [0.4, 0.5) is 0 Å². The summed E-state index contributed by atoms with van der Waals surface area (Å²) in [5.41, 5.74) is 12.4. The number of hydrogen-bond acceptors (Lipinski definition) is 0. The molecule has 0 aromatic heterocycles. The van der Waals surface area contributed by atoms with Crippen LogP contribution in [0.3, 0.4) is 0 Å². The van der Waals surface area contributed by atoms with Gasteiger partial charge in [-0.1, -0.05) is 130 Å². The third-order valence-corrected chi connectivity index (χ3v) is 8.84. The highest BCUT2D eigenvalue weighted by Crippen LogP contribution is 2.58. The van der Waals surface area contributed by atoms with Gasteiger partial charge in [0.1, 0.15) is 0 Å². The van der Waals surface area contributed by atoms with Crippen LogP contribution in [0.1, 0.15) is 117 Å². The van der Waals surface area contributed by atoms with Gasteiger partial charge in [0, 0.05) is 5.92 Å². The predicted octanol–water partition coefficient (Wildman–Crippen LogP) is 10.1. The SMILES string of the molecule is CCC(C)(C)C1=CCC(C(C)(C)C2c3ccc(C(C)(C)C)cc3-c3cc(C(C)(C)C)ccc32)=C1. The molecule has 0 heteroatoms. The van der Waals surface area contributed by atoms with Crippen molar-refractivity contribution in [2.24, 2.45) is 10.8 Å². The molecule has 0 heterocycles. The van der Waals surface area contributed by atoms with Crippen LogP contribution in [-0.4, -0.2) is 0 Å². The van der Waals surface area contributed by atoms with E-state index in [4.69, 9.17) is 0 Å². The van der Waals surface area contributed by atoms with E-state index < -0.39 is 0 Å². The van der Waals surface area contributed by atoms with Crippen molar-refractivity contribution in [1.82, 2.24) is 0 Å². The van der Waals surface area contributed by atoms with Gasteiger partial charge in [0.2, 0.25) is 0 Å². The Morgan fingerprint density at radius 1 is 0.706 bits per heavy atom. The average molecular weight is 455 g/mol. The van der Waals surface area contributed by atoms with Gasteiger partial charge in [-0.25, -0.2) is 0 Å². The van der Waals surface area contributed by atoms with Crippen LogP contribution in [0.25, 0.3) is 11.1 Å². The largest absolute Gasteiger partial charge is 0.0767 e.